The molecule has 1 aromatic heterocycles. The summed E-state index contributed by atoms with van der Waals surface area (Å²) >= 11 is 0. The maximum absolute atomic E-state index is 12.7. The van der Waals surface area contributed by atoms with Crippen molar-refractivity contribution in [1.82, 2.24) is 4.90 Å². The third-order valence-electron chi connectivity index (χ3n) is 5.24. The first-order chi connectivity index (χ1) is 14.9. The first-order valence-electron chi connectivity index (χ1n) is 10.6. The van der Waals surface area contributed by atoms with E-state index >= 15 is 0 Å². The molecule has 0 bridgehead atoms. The van der Waals surface area contributed by atoms with Crippen molar-refractivity contribution in [3.63, 3.8) is 0 Å². The second-order valence-electron chi connectivity index (χ2n) is 7.75. The van der Waals surface area contributed by atoms with Gasteiger partial charge in [-0.1, -0.05) is 18.2 Å². The lowest BCUT2D eigenvalue weighted by molar-refractivity contribution is -0.151. The molecule has 8 heteroatoms. The number of nitrogens with zero attached hydrogens (tertiary/aromatic N) is 1. The number of furan rings is 1. The Balaban J connectivity index is 1.59. The summed E-state index contributed by atoms with van der Waals surface area (Å²) in [5.74, 6) is -1.36. The number of carbonyl (C=O) groups is 3. The number of fused-ring (bicyclic) bond motifs is 1. The van der Waals surface area contributed by atoms with Crippen LogP contribution >= 0.6 is 0 Å². The quantitative estimate of drug-likeness (QED) is 0.592. The van der Waals surface area contributed by atoms with Crippen LogP contribution in [0.2, 0.25) is 0 Å². The summed E-state index contributed by atoms with van der Waals surface area (Å²) in [6.07, 6.45) is 1.06. The molecule has 0 aliphatic carbocycles. The molecule has 1 fully saturated rings. The van der Waals surface area contributed by atoms with E-state index in [0.717, 1.165) is 5.39 Å². The summed E-state index contributed by atoms with van der Waals surface area (Å²) < 4.78 is 21.7. The first kappa shape index (κ1) is 22.8. The van der Waals surface area contributed by atoms with Crippen LogP contribution in [0.1, 0.15) is 49.7 Å². The minimum atomic E-state index is -0.701. The minimum absolute atomic E-state index is 0.0170. The lowest BCUT2D eigenvalue weighted by Crippen LogP contribution is -2.42. The van der Waals surface area contributed by atoms with Gasteiger partial charge in [-0.15, -0.1) is 0 Å². The fourth-order valence-corrected chi connectivity index (χ4v) is 3.57. The number of esters is 2. The van der Waals surface area contributed by atoms with Crippen LogP contribution in [0.3, 0.4) is 0 Å². The normalized spacial score (nSPS) is 14.8. The zero-order chi connectivity index (χ0) is 22.4. The van der Waals surface area contributed by atoms with Crippen molar-refractivity contribution in [2.75, 3.05) is 26.3 Å². The third-order valence-corrected chi connectivity index (χ3v) is 5.24. The summed E-state index contributed by atoms with van der Waals surface area (Å²) in [4.78, 5) is 38.6. The van der Waals surface area contributed by atoms with Crippen LogP contribution in [0.5, 0.6) is 0 Å². The van der Waals surface area contributed by atoms with Gasteiger partial charge in [-0.25, -0.2) is 4.79 Å². The van der Waals surface area contributed by atoms with E-state index in [-0.39, 0.29) is 42.9 Å². The Morgan fingerprint density at radius 2 is 1.84 bits per heavy atom. The second-order valence-corrected chi connectivity index (χ2v) is 7.75. The summed E-state index contributed by atoms with van der Waals surface area (Å²) in [5, 5.41) is 0.780. The van der Waals surface area contributed by atoms with E-state index in [0.29, 0.717) is 43.7 Å². The fourth-order valence-electron chi connectivity index (χ4n) is 3.57. The molecule has 8 nitrogen and oxygen atoms in total. The summed E-state index contributed by atoms with van der Waals surface area (Å²) in [7, 11) is 0. The average molecular weight is 431 g/mol. The number of para-hydroxylation sites is 1. The molecule has 1 aromatic carbocycles. The van der Waals surface area contributed by atoms with Crippen LogP contribution in [0.25, 0.3) is 11.0 Å². The van der Waals surface area contributed by atoms with Crippen molar-refractivity contribution in [3.05, 3.63) is 35.6 Å². The van der Waals surface area contributed by atoms with Gasteiger partial charge in [-0.3, -0.25) is 9.59 Å². The van der Waals surface area contributed by atoms with Gasteiger partial charge in [-0.2, -0.15) is 0 Å². The maximum atomic E-state index is 12.7. The molecule has 1 aliphatic heterocycles. The van der Waals surface area contributed by atoms with Crippen molar-refractivity contribution < 1.29 is 33.0 Å². The standard InChI is InChI=1S/C23H29NO7/c1-4-28-22(26)16-9-11-24(12-10-16)20(25)14-30-23(27)21-18(13-29-15(2)3)17-7-5-6-8-19(17)31-21/h5-8,15-16H,4,9-14H2,1-3H3. The number of piperidine rings is 1. The number of hydrogen-bond donors (Lipinski definition) is 0. The van der Waals surface area contributed by atoms with Gasteiger partial charge in [0.15, 0.2) is 6.61 Å². The second kappa shape index (κ2) is 10.4. The largest absolute Gasteiger partial charge is 0.466 e. The van der Waals surface area contributed by atoms with Gasteiger partial charge in [-0.05, 0) is 39.7 Å². The topological polar surface area (TPSA) is 95.3 Å². The van der Waals surface area contributed by atoms with Crippen molar-refractivity contribution in [2.24, 2.45) is 5.92 Å². The van der Waals surface area contributed by atoms with Gasteiger partial charge >= 0.3 is 11.9 Å². The molecule has 1 aliphatic rings. The van der Waals surface area contributed by atoms with E-state index in [1.807, 2.05) is 32.0 Å². The van der Waals surface area contributed by atoms with E-state index in [9.17, 15) is 14.4 Å². The monoisotopic (exact) mass is 431 g/mol. The van der Waals surface area contributed by atoms with Gasteiger partial charge in [0, 0.05) is 24.0 Å². The molecule has 2 aromatic rings. The molecule has 31 heavy (non-hydrogen) atoms. The Hall–Kier alpha value is -2.87. The van der Waals surface area contributed by atoms with E-state index in [1.165, 1.54) is 0 Å². The molecule has 0 spiro atoms. The molecule has 1 amide bonds. The summed E-state index contributed by atoms with van der Waals surface area (Å²) in [6.45, 7) is 6.61. The van der Waals surface area contributed by atoms with Gasteiger partial charge in [0.05, 0.1) is 25.2 Å². The molecule has 0 radical (unpaired) electrons. The Kier molecular flexibility index (Phi) is 7.68. The molecule has 0 atom stereocenters. The van der Waals surface area contributed by atoms with Crippen molar-refractivity contribution in [2.45, 2.75) is 46.3 Å². The van der Waals surface area contributed by atoms with Crippen LogP contribution in [-0.4, -0.2) is 55.2 Å². The highest BCUT2D eigenvalue weighted by Crippen LogP contribution is 2.27. The Labute approximate surface area is 181 Å². The molecule has 168 valence electrons. The van der Waals surface area contributed by atoms with Crippen LogP contribution in [0.4, 0.5) is 0 Å². The zero-order valence-corrected chi connectivity index (χ0v) is 18.2. The van der Waals surface area contributed by atoms with E-state index in [2.05, 4.69) is 0 Å². The van der Waals surface area contributed by atoms with Crippen LogP contribution in [0, 0.1) is 5.92 Å². The molecule has 0 unspecified atom stereocenters. The van der Waals surface area contributed by atoms with Crippen molar-refractivity contribution >= 4 is 28.8 Å². The van der Waals surface area contributed by atoms with Crippen LogP contribution < -0.4 is 0 Å². The predicted molar refractivity (Wildman–Crippen MR) is 112 cm³/mol. The number of amides is 1. The van der Waals surface area contributed by atoms with Gasteiger partial charge in [0.25, 0.3) is 5.91 Å². The smallest absolute Gasteiger partial charge is 0.375 e. The van der Waals surface area contributed by atoms with E-state index in [4.69, 9.17) is 18.6 Å². The van der Waals surface area contributed by atoms with Gasteiger partial charge in [0.2, 0.25) is 5.76 Å². The number of benzene rings is 1. The number of rotatable bonds is 8. The third kappa shape index (κ3) is 5.64. The van der Waals surface area contributed by atoms with Crippen LogP contribution in [-0.2, 0) is 30.4 Å². The summed E-state index contributed by atoms with van der Waals surface area (Å²) in [5.41, 5.74) is 1.17. The number of ether oxygens (including phenoxy) is 3. The highest BCUT2D eigenvalue weighted by molar-refractivity contribution is 5.96. The molecule has 1 saturated heterocycles. The van der Waals surface area contributed by atoms with Gasteiger partial charge < -0.3 is 23.5 Å². The molecular formula is C23H29NO7. The number of hydrogen-bond acceptors (Lipinski definition) is 7. The number of carbonyl (C=O) groups excluding carboxylic acids is 3. The van der Waals surface area contributed by atoms with E-state index in [1.54, 1.807) is 17.9 Å². The van der Waals surface area contributed by atoms with Crippen molar-refractivity contribution in [3.8, 4) is 0 Å². The molecule has 0 N–H and O–H groups in total. The fraction of sp³-hybridized carbons (Fsp3) is 0.522. The predicted octanol–water partition coefficient (Wildman–Crippen LogP) is 3.32. The lowest BCUT2D eigenvalue weighted by Gasteiger charge is -2.30. The van der Waals surface area contributed by atoms with Crippen molar-refractivity contribution in [1.29, 1.82) is 0 Å². The Morgan fingerprint density at radius 3 is 2.52 bits per heavy atom. The summed E-state index contributed by atoms with van der Waals surface area (Å²) in [6, 6.07) is 7.30. The first-order valence-corrected chi connectivity index (χ1v) is 10.6. The Bertz CT molecular complexity index is 925. The lowest BCUT2D eigenvalue weighted by atomic mass is 9.97. The average Bonchev–Trinajstić information content (AvgIpc) is 3.14. The molecule has 0 saturated carbocycles. The highest BCUT2D eigenvalue weighted by Gasteiger charge is 2.29. The molecule has 3 rings (SSSR count). The van der Waals surface area contributed by atoms with Gasteiger partial charge in [0.1, 0.15) is 5.58 Å². The zero-order valence-electron chi connectivity index (χ0n) is 18.2. The number of likely N-dealkylation sites (tertiary alicyclic amines) is 1. The minimum Gasteiger partial charge on any atom is -0.466 e. The molecular weight excluding hydrogens is 402 g/mol. The SMILES string of the molecule is CCOC(=O)C1CCN(C(=O)COC(=O)c2oc3ccccc3c2COC(C)C)CC1. The Morgan fingerprint density at radius 1 is 1.13 bits per heavy atom. The highest BCUT2D eigenvalue weighted by atomic mass is 16.6. The van der Waals surface area contributed by atoms with E-state index < -0.39 is 5.97 Å². The van der Waals surface area contributed by atoms with Crippen LogP contribution in [0.15, 0.2) is 28.7 Å². The molecule has 2 heterocycles. The maximum Gasteiger partial charge on any atom is 0.375 e.